The molecule has 0 unspecified atom stereocenters. The Labute approximate surface area is 134 Å². The topological polar surface area (TPSA) is 52.6 Å². The molecule has 128 valence electrons. The maximum atomic E-state index is 12.6. The fourth-order valence-corrected chi connectivity index (χ4v) is 3.03. The highest BCUT2D eigenvalue weighted by Gasteiger charge is 2.52. The summed E-state index contributed by atoms with van der Waals surface area (Å²) in [6.45, 7) is 8.93. The lowest BCUT2D eigenvalue weighted by molar-refractivity contribution is -0.0436. The van der Waals surface area contributed by atoms with Gasteiger partial charge in [0.15, 0.2) is 0 Å². The lowest BCUT2D eigenvalue weighted by Crippen LogP contribution is -2.41. The van der Waals surface area contributed by atoms with Crippen molar-refractivity contribution in [2.75, 3.05) is 0 Å². The number of aryl methyl sites for hydroxylation is 1. The molecule has 0 bridgehead atoms. The van der Waals surface area contributed by atoms with Crippen LogP contribution in [0.5, 0.6) is 0 Å². The molecule has 0 aliphatic carbocycles. The second kappa shape index (κ2) is 5.22. The zero-order valence-corrected chi connectivity index (χ0v) is 14.3. The van der Waals surface area contributed by atoms with Gasteiger partial charge in [-0.1, -0.05) is 11.6 Å². The predicted octanol–water partition coefficient (Wildman–Crippen LogP) is 2.59. The molecule has 1 aromatic rings. The molecule has 1 aromatic carbocycles. The molecule has 0 aromatic heterocycles. The van der Waals surface area contributed by atoms with Gasteiger partial charge in [0.1, 0.15) is 0 Å². The van der Waals surface area contributed by atoms with E-state index in [0.29, 0.717) is 11.0 Å². The molecule has 9 heteroatoms. The van der Waals surface area contributed by atoms with Gasteiger partial charge in [0, 0.05) is 0 Å². The van der Waals surface area contributed by atoms with Crippen LogP contribution in [0.1, 0.15) is 33.3 Å². The van der Waals surface area contributed by atoms with Gasteiger partial charge in [0.05, 0.1) is 16.1 Å². The number of halogens is 3. The van der Waals surface area contributed by atoms with Gasteiger partial charge in [0.2, 0.25) is 0 Å². The highest BCUT2D eigenvalue weighted by molar-refractivity contribution is 7.92. The molecule has 0 spiro atoms. The van der Waals surface area contributed by atoms with Gasteiger partial charge in [-0.3, -0.25) is 0 Å². The molecule has 1 aliphatic rings. The number of hydrogen-bond acceptors (Lipinski definition) is 4. The second-order valence-corrected chi connectivity index (χ2v) is 8.50. The van der Waals surface area contributed by atoms with Crippen molar-refractivity contribution < 1.29 is 30.9 Å². The quantitative estimate of drug-likeness (QED) is 0.770. The number of alkyl halides is 3. The average Bonchev–Trinajstić information content (AvgIpc) is 2.56. The molecule has 1 saturated heterocycles. The predicted molar refractivity (Wildman–Crippen MR) is 80.1 cm³/mol. The summed E-state index contributed by atoms with van der Waals surface area (Å²) in [5, 5.41) is 0. The van der Waals surface area contributed by atoms with E-state index in [9.17, 15) is 21.6 Å². The molecule has 1 aliphatic heterocycles. The molecular weight excluding hydrogens is 332 g/mol. The zero-order chi connectivity index (χ0) is 17.8. The van der Waals surface area contributed by atoms with E-state index in [1.807, 2.05) is 27.7 Å². The lowest BCUT2D eigenvalue weighted by atomic mass is 9.76. The van der Waals surface area contributed by atoms with Crippen molar-refractivity contribution >= 4 is 22.4 Å². The third-order valence-corrected chi connectivity index (χ3v) is 5.85. The third kappa shape index (κ3) is 3.01. The molecular formula is C14H18BF3O4S. The first-order valence-corrected chi connectivity index (χ1v) is 8.45. The lowest BCUT2D eigenvalue weighted by Gasteiger charge is -2.32. The largest absolute Gasteiger partial charge is 0.501 e. The van der Waals surface area contributed by atoms with Crippen molar-refractivity contribution in [3.05, 3.63) is 23.8 Å². The van der Waals surface area contributed by atoms with Gasteiger partial charge in [0.25, 0.3) is 9.84 Å². The summed E-state index contributed by atoms with van der Waals surface area (Å²) in [6.07, 6.45) is 0. The summed E-state index contributed by atoms with van der Waals surface area (Å²) in [5.74, 6) is 0. The monoisotopic (exact) mass is 350 g/mol. The maximum Gasteiger partial charge on any atom is 0.501 e. The number of benzene rings is 1. The van der Waals surface area contributed by atoms with E-state index in [1.54, 1.807) is 0 Å². The Morgan fingerprint density at radius 2 is 1.52 bits per heavy atom. The van der Waals surface area contributed by atoms with Gasteiger partial charge in [-0.05, 0) is 52.2 Å². The van der Waals surface area contributed by atoms with Crippen molar-refractivity contribution in [2.24, 2.45) is 0 Å². The fraction of sp³-hybridized carbons (Fsp3) is 0.571. The van der Waals surface area contributed by atoms with Crippen LogP contribution in [0, 0.1) is 6.92 Å². The normalized spacial score (nSPS) is 20.8. The maximum absolute atomic E-state index is 12.6. The first kappa shape index (κ1) is 18.3. The van der Waals surface area contributed by atoms with Crippen molar-refractivity contribution in [2.45, 2.75) is 56.2 Å². The zero-order valence-electron chi connectivity index (χ0n) is 13.5. The second-order valence-electron chi connectivity index (χ2n) is 6.56. The summed E-state index contributed by atoms with van der Waals surface area (Å²) >= 11 is 0. The minimum absolute atomic E-state index is 0.355. The Kier molecular flexibility index (Phi) is 4.15. The Balaban J connectivity index is 2.40. The molecule has 0 saturated carbocycles. The van der Waals surface area contributed by atoms with Crippen LogP contribution in [0.2, 0.25) is 0 Å². The highest BCUT2D eigenvalue weighted by atomic mass is 32.2. The molecule has 4 nitrogen and oxygen atoms in total. The van der Waals surface area contributed by atoms with E-state index in [-0.39, 0.29) is 0 Å². The van der Waals surface area contributed by atoms with E-state index < -0.39 is 38.6 Å². The summed E-state index contributed by atoms with van der Waals surface area (Å²) in [6, 6.07) is 3.22. The van der Waals surface area contributed by atoms with Gasteiger partial charge in [-0.25, -0.2) is 8.42 Å². The smallest absolute Gasteiger partial charge is 0.399 e. The van der Waals surface area contributed by atoms with Gasteiger partial charge in [-0.15, -0.1) is 0 Å². The van der Waals surface area contributed by atoms with Crippen molar-refractivity contribution in [3.63, 3.8) is 0 Å². The van der Waals surface area contributed by atoms with Crippen LogP contribution in [-0.2, 0) is 19.1 Å². The van der Waals surface area contributed by atoms with Crippen LogP contribution in [0.4, 0.5) is 13.2 Å². The fourth-order valence-electron chi connectivity index (χ4n) is 2.18. The summed E-state index contributed by atoms with van der Waals surface area (Å²) in [5.41, 5.74) is -5.66. The van der Waals surface area contributed by atoms with E-state index >= 15 is 0 Å². The van der Waals surface area contributed by atoms with Crippen LogP contribution >= 0.6 is 0 Å². The Morgan fingerprint density at radius 1 is 1.04 bits per heavy atom. The minimum atomic E-state index is -5.37. The van der Waals surface area contributed by atoms with Crippen LogP contribution < -0.4 is 5.46 Å². The van der Waals surface area contributed by atoms with Gasteiger partial charge < -0.3 is 9.31 Å². The number of hydrogen-bond donors (Lipinski definition) is 0. The molecule has 1 heterocycles. The van der Waals surface area contributed by atoms with Gasteiger partial charge >= 0.3 is 12.6 Å². The Hall–Kier alpha value is -1.06. The molecule has 23 heavy (non-hydrogen) atoms. The summed E-state index contributed by atoms with van der Waals surface area (Å²) < 4.78 is 72.4. The standard InChI is InChI=1S/C14H18BF3O4S/c1-9-8-10(23(19,20)14(16,17)18)6-7-11(9)15-21-12(2,3)13(4,5)22-15/h6-8H,1-5H3. The van der Waals surface area contributed by atoms with Crippen molar-refractivity contribution in [1.29, 1.82) is 0 Å². The molecule has 1 fully saturated rings. The van der Waals surface area contributed by atoms with Crippen LogP contribution in [0.25, 0.3) is 0 Å². The molecule has 2 rings (SSSR count). The van der Waals surface area contributed by atoms with Crippen molar-refractivity contribution in [1.82, 2.24) is 0 Å². The van der Waals surface area contributed by atoms with E-state index in [0.717, 1.165) is 12.1 Å². The highest BCUT2D eigenvalue weighted by Crippen LogP contribution is 2.37. The Bertz CT molecular complexity index is 710. The van der Waals surface area contributed by atoms with Crippen LogP contribution in [0.15, 0.2) is 23.1 Å². The summed E-state index contributed by atoms with van der Waals surface area (Å²) in [7, 11) is -6.13. The Morgan fingerprint density at radius 3 is 1.91 bits per heavy atom. The first-order chi connectivity index (χ1) is 10.2. The molecule has 0 radical (unpaired) electrons. The molecule has 0 atom stereocenters. The van der Waals surface area contributed by atoms with E-state index in [1.165, 1.54) is 13.0 Å². The number of sulfone groups is 1. The van der Waals surface area contributed by atoms with Crippen molar-refractivity contribution in [3.8, 4) is 0 Å². The average molecular weight is 350 g/mol. The number of rotatable bonds is 2. The third-order valence-electron chi connectivity index (χ3n) is 4.36. The SMILES string of the molecule is Cc1cc(S(=O)(=O)C(F)(F)F)ccc1B1OC(C)(C)C(C)(C)O1. The molecule has 0 amide bonds. The molecule has 0 N–H and O–H groups in total. The first-order valence-electron chi connectivity index (χ1n) is 6.96. The van der Waals surface area contributed by atoms with E-state index in [4.69, 9.17) is 9.31 Å². The van der Waals surface area contributed by atoms with Crippen LogP contribution in [0.3, 0.4) is 0 Å². The van der Waals surface area contributed by atoms with E-state index in [2.05, 4.69) is 0 Å². The van der Waals surface area contributed by atoms with Crippen LogP contribution in [-0.4, -0.2) is 32.2 Å². The summed E-state index contributed by atoms with van der Waals surface area (Å²) in [4.78, 5) is -0.789. The van der Waals surface area contributed by atoms with Gasteiger partial charge in [-0.2, -0.15) is 13.2 Å². The minimum Gasteiger partial charge on any atom is -0.399 e.